The van der Waals surface area contributed by atoms with Crippen molar-refractivity contribution in [2.45, 2.75) is 13.0 Å². The summed E-state index contributed by atoms with van der Waals surface area (Å²) in [7, 11) is 1.67. The highest BCUT2D eigenvalue weighted by molar-refractivity contribution is 5.41. The number of rotatable bonds is 4. The molecule has 1 aromatic carbocycles. The predicted molar refractivity (Wildman–Crippen MR) is 67.4 cm³/mol. The molecule has 0 atom stereocenters. The van der Waals surface area contributed by atoms with Gasteiger partial charge in [-0.3, -0.25) is 4.90 Å². The highest BCUT2D eigenvalue weighted by Gasteiger charge is 2.15. The Kier molecular flexibility index (Phi) is 4.23. The minimum absolute atomic E-state index is 0.727. The summed E-state index contributed by atoms with van der Waals surface area (Å²) in [5, 5.41) is 0. The number of hydrogen-bond donors (Lipinski definition) is 1. The molecule has 0 unspecified atom stereocenters. The molecule has 0 amide bonds. The van der Waals surface area contributed by atoms with Crippen LogP contribution >= 0.6 is 0 Å². The van der Waals surface area contributed by atoms with Crippen LogP contribution in [-0.2, 0) is 6.54 Å². The number of ether oxygens (including phenoxy) is 2. The van der Waals surface area contributed by atoms with Gasteiger partial charge in [-0.1, -0.05) is 6.07 Å². The summed E-state index contributed by atoms with van der Waals surface area (Å²) < 4.78 is 11.0. The topological polar surface area (TPSA) is 47.7 Å². The highest BCUT2D eigenvalue weighted by atomic mass is 16.5. The van der Waals surface area contributed by atoms with Crippen LogP contribution in [-0.4, -0.2) is 38.3 Å². The second-order valence-corrected chi connectivity index (χ2v) is 4.24. The number of nitrogens with two attached hydrogens (primary N) is 1. The van der Waals surface area contributed by atoms with Gasteiger partial charge >= 0.3 is 0 Å². The van der Waals surface area contributed by atoms with E-state index in [-0.39, 0.29) is 0 Å². The summed E-state index contributed by atoms with van der Waals surface area (Å²) in [5.74, 6) is 1.79. The smallest absolute Gasteiger partial charge is 0.127 e. The van der Waals surface area contributed by atoms with Crippen molar-refractivity contribution in [1.82, 2.24) is 4.90 Å². The summed E-state index contributed by atoms with van der Waals surface area (Å²) in [6, 6.07) is 6.02. The molecule has 4 nitrogen and oxygen atoms in total. The third kappa shape index (κ3) is 3.11. The average Bonchev–Trinajstić information content (AvgIpc) is 2.57. The van der Waals surface area contributed by atoms with Crippen LogP contribution in [0.3, 0.4) is 0 Å². The predicted octanol–water partition coefficient (Wildman–Crippen LogP) is 1.24. The van der Waals surface area contributed by atoms with E-state index in [9.17, 15) is 0 Å². The molecule has 0 saturated carbocycles. The molecule has 17 heavy (non-hydrogen) atoms. The number of hydrogen-bond acceptors (Lipinski definition) is 4. The largest absolute Gasteiger partial charge is 0.497 e. The molecule has 0 aliphatic carbocycles. The Bertz CT molecular complexity index is 368. The maximum Gasteiger partial charge on any atom is 0.127 e. The second kappa shape index (κ2) is 5.89. The number of nitrogens with zero attached hydrogens (tertiary/aromatic N) is 1. The second-order valence-electron chi connectivity index (χ2n) is 4.24. The molecule has 2 rings (SSSR count). The van der Waals surface area contributed by atoms with Gasteiger partial charge in [0.1, 0.15) is 18.1 Å². The van der Waals surface area contributed by atoms with Crippen LogP contribution in [0.4, 0.5) is 0 Å². The molecule has 0 radical (unpaired) electrons. The summed E-state index contributed by atoms with van der Waals surface area (Å²) in [4.78, 5) is 2.38. The van der Waals surface area contributed by atoms with Gasteiger partial charge in [0.15, 0.2) is 0 Å². The summed E-state index contributed by atoms with van der Waals surface area (Å²) >= 11 is 0. The Hall–Kier alpha value is -1.26. The van der Waals surface area contributed by atoms with Crippen LogP contribution < -0.4 is 15.2 Å². The lowest BCUT2D eigenvalue weighted by Crippen LogP contribution is -2.28. The van der Waals surface area contributed by atoms with Gasteiger partial charge < -0.3 is 15.2 Å². The van der Waals surface area contributed by atoms with E-state index < -0.39 is 0 Å². The molecule has 0 aromatic heterocycles. The van der Waals surface area contributed by atoms with E-state index >= 15 is 0 Å². The van der Waals surface area contributed by atoms with Crippen molar-refractivity contribution in [1.29, 1.82) is 0 Å². The summed E-state index contributed by atoms with van der Waals surface area (Å²) in [6.45, 7) is 4.39. The normalized spacial score (nSPS) is 15.9. The van der Waals surface area contributed by atoms with Crippen LogP contribution in [0.1, 0.15) is 12.0 Å². The summed E-state index contributed by atoms with van der Waals surface area (Å²) in [5.41, 5.74) is 6.77. The maximum atomic E-state index is 5.75. The molecular weight excluding hydrogens is 216 g/mol. The van der Waals surface area contributed by atoms with Crippen molar-refractivity contribution in [3.05, 3.63) is 23.8 Å². The molecule has 1 heterocycles. The standard InChI is InChI=1S/C13H20N2O2/c1-16-12-4-3-11-10-15(6-2-5-14)7-8-17-13(11)9-12/h3-4,9H,2,5-8,10,14H2,1H3. The maximum absolute atomic E-state index is 5.75. The van der Waals surface area contributed by atoms with Crippen molar-refractivity contribution in [3.8, 4) is 11.5 Å². The van der Waals surface area contributed by atoms with Crippen LogP contribution in [0.15, 0.2) is 18.2 Å². The lowest BCUT2D eigenvalue weighted by molar-refractivity contribution is 0.225. The Morgan fingerprint density at radius 3 is 3.12 bits per heavy atom. The molecule has 1 aromatic rings. The Balaban J connectivity index is 2.09. The lowest BCUT2D eigenvalue weighted by atomic mass is 10.2. The first-order chi connectivity index (χ1) is 8.33. The third-order valence-corrected chi connectivity index (χ3v) is 3.01. The zero-order valence-corrected chi connectivity index (χ0v) is 10.3. The third-order valence-electron chi connectivity index (χ3n) is 3.01. The van der Waals surface area contributed by atoms with Crippen LogP contribution in [0.5, 0.6) is 11.5 Å². The lowest BCUT2D eigenvalue weighted by Gasteiger charge is -2.18. The van der Waals surface area contributed by atoms with Gasteiger partial charge in [0.05, 0.1) is 7.11 Å². The molecule has 2 N–H and O–H groups in total. The first-order valence-corrected chi connectivity index (χ1v) is 6.05. The zero-order valence-electron chi connectivity index (χ0n) is 10.3. The Morgan fingerprint density at radius 1 is 1.47 bits per heavy atom. The number of methoxy groups -OCH3 is 1. The molecule has 0 bridgehead atoms. The van der Waals surface area contributed by atoms with Gasteiger partial charge in [0, 0.05) is 24.7 Å². The zero-order chi connectivity index (χ0) is 12.1. The number of fused-ring (bicyclic) bond motifs is 1. The van der Waals surface area contributed by atoms with Gasteiger partial charge in [0.25, 0.3) is 0 Å². The van der Waals surface area contributed by atoms with Crippen LogP contribution in [0, 0.1) is 0 Å². The van der Waals surface area contributed by atoms with Crippen molar-refractivity contribution in [2.75, 3.05) is 33.4 Å². The fourth-order valence-corrected chi connectivity index (χ4v) is 2.04. The monoisotopic (exact) mass is 236 g/mol. The molecule has 0 saturated heterocycles. The van der Waals surface area contributed by atoms with Gasteiger partial charge in [-0.05, 0) is 25.6 Å². The van der Waals surface area contributed by atoms with Crippen LogP contribution in [0.2, 0.25) is 0 Å². The van der Waals surface area contributed by atoms with Gasteiger partial charge in [-0.2, -0.15) is 0 Å². The van der Waals surface area contributed by atoms with E-state index in [0.29, 0.717) is 0 Å². The fourth-order valence-electron chi connectivity index (χ4n) is 2.04. The molecule has 4 heteroatoms. The van der Waals surface area contributed by atoms with E-state index in [4.69, 9.17) is 15.2 Å². The summed E-state index contributed by atoms with van der Waals surface area (Å²) in [6.07, 6.45) is 1.03. The van der Waals surface area contributed by atoms with E-state index in [0.717, 1.165) is 50.7 Å². The van der Waals surface area contributed by atoms with E-state index in [1.54, 1.807) is 7.11 Å². The molecular formula is C13H20N2O2. The minimum Gasteiger partial charge on any atom is -0.497 e. The minimum atomic E-state index is 0.727. The molecule has 0 spiro atoms. The Labute approximate surface area is 102 Å². The quantitative estimate of drug-likeness (QED) is 0.854. The van der Waals surface area contributed by atoms with E-state index in [2.05, 4.69) is 11.0 Å². The Morgan fingerprint density at radius 2 is 2.35 bits per heavy atom. The van der Waals surface area contributed by atoms with Crippen molar-refractivity contribution in [3.63, 3.8) is 0 Å². The van der Waals surface area contributed by atoms with Crippen molar-refractivity contribution < 1.29 is 9.47 Å². The molecule has 1 aliphatic rings. The van der Waals surface area contributed by atoms with Gasteiger partial charge in [-0.15, -0.1) is 0 Å². The fraction of sp³-hybridized carbons (Fsp3) is 0.538. The number of benzene rings is 1. The van der Waals surface area contributed by atoms with E-state index in [1.165, 1.54) is 5.56 Å². The molecule has 1 aliphatic heterocycles. The first-order valence-electron chi connectivity index (χ1n) is 6.05. The highest BCUT2D eigenvalue weighted by Crippen LogP contribution is 2.27. The van der Waals surface area contributed by atoms with Gasteiger partial charge in [-0.25, -0.2) is 0 Å². The van der Waals surface area contributed by atoms with Crippen LogP contribution in [0.25, 0.3) is 0 Å². The molecule has 94 valence electrons. The molecule has 0 fully saturated rings. The first kappa shape index (κ1) is 12.2. The average molecular weight is 236 g/mol. The van der Waals surface area contributed by atoms with Gasteiger partial charge in [0.2, 0.25) is 0 Å². The SMILES string of the molecule is COc1ccc2c(c1)OCCN(CCCN)C2. The van der Waals surface area contributed by atoms with Crippen molar-refractivity contribution >= 4 is 0 Å². The van der Waals surface area contributed by atoms with Crippen molar-refractivity contribution in [2.24, 2.45) is 5.73 Å². The van der Waals surface area contributed by atoms with E-state index in [1.807, 2.05) is 12.1 Å².